The quantitative estimate of drug-likeness (QED) is 0.743. The third kappa shape index (κ3) is 3.52. The van der Waals surface area contributed by atoms with E-state index in [1.165, 1.54) is 44.1 Å². The topological polar surface area (TPSA) is 71.8 Å². The molecule has 2 amide bonds. The highest BCUT2D eigenvalue weighted by atomic mass is 35.5. The second kappa shape index (κ2) is 7.31. The highest BCUT2D eigenvalue weighted by molar-refractivity contribution is 6.33. The molecule has 4 aliphatic carbocycles. The molecule has 29 heavy (non-hydrogen) atoms. The predicted molar refractivity (Wildman–Crippen MR) is 113 cm³/mol. The van der Waals surface area contributed by atoms with Crippen LogP contribution in [0.25, 0.3) is 0 Å². The Hall–Kier alpha value is -2.08. The van der Waals surface area contributed by atoms with Crippen molar-refractivity contribution in [1.29, 1.82) is 0 Å². The lowest BCUT2D eigenvalue weighted by molar-refractivity contribution is -0.00517. The molecule has 7 heteroatoms. The highest BCUT2D eigenvalue weighted by Crippen LogP contribution is 2.60. The van der Waals surface area contributed by atoms with Crippen LogP contribution in [0.2, 0.25) is 5.02 Å². The molecule has 2 aromatic rings. The van der Waals surface area contributed by atoms with Crippen LogP contribution >= 0.6 is 11.6 Å². The second-order valence-corrected chi connectivity index (χ2v) is 9.64. The summed E-state index contributed by atoms with van der Waals surface area (Å²) >= 11 is 6.59. The lowest BCUT2D eigenvalue weighted by Crippen LogP contribution is -2.48. The Labute approximate surface area is 176 Å². The molecule has 0 saturated heterocycles. The first-order valence-electron chi connectivity index (χ1n) is 10.8. The van der Waals surface area contributed by atoms with Crippen LogP contribution < -0.4 is 10.6 Å². The van der Waals surface area contributed by atoms with Gasteiger partial charge in [-0.2, -0.15) is 0 Å². The molecule has 4 aliphatic rings. The number of hydrogen-bond donors (Lipinski definition) is 2. The van der Waals surface area contributed by atoms with E-state index in [-0.39, 0.29) is 6.03 Å². The molecule has 1 aromatic heterocycles. The van der Waals surface area contributed by atoms with Crippen LogP contribution in [0.15, 0.2) is 24.5 Å². The Kier molecular flexibility index (Phi) is 4.77. The number of benzene rings is 1. The summed E-state index contributed by atoms with van der Waals surface area (Å²) in [6, 6.07) is 5.95. The van der Waals surface area contributed by atoms with E-state index in [9.17, 15) is 4.79 Å². The second-order valence-electron chi connectivity index (χ2n) is 9.23. The van der Waals surface area contributed by atoms with Crippen molar-refractivity contribution < 1.29 is 4.79 Å². The number of carbonyl (C=O) groups excluding carboxylic acids is 1. The Morgan fingerprint density at radius 1 is 1.21 bits per heavy atom. The van der Waals surface area contributed by atoms with E-state index in [0.717, 1.165) is 30.1 Å². The fraction of sp³-hybridized carbons (Fsp3) is 0.591. The molecule has 0 radical (unpaired) electrons. The van der Waals surface area contributed by atoms with Gasteiger partial charge in [0.15, 0.2) is 5.82 Å². The van der Waals surface area contributed by atoms with Crippen LogP contribution in [0, 0.1) is 17.8 Å². The number of aryl methyl sites for hydroxylation is 1. The van der Waals surface area contributed by atoms with E-state index in [0.29, 0.717) is 22.7 Å². The number of hydrogen-bond acceptors (Lipinski definition) is 3. The zero-order valence-corrected chi connectivity index (χ0v) is 17.6. The van der Waals surface area contributed by atoms with Gasteiger partial charge in [0, 0.05) is 6.54 Å². The van der Waals surface area contributed by atoms with Crippen LogP contribution in [0.4, 0.5) is 10.5 Å². The maximum absolute atomic E-state index is 12.3. The molecule has 0 spiro atoms. The molecule has 0 unspecified atom stereocenters. The number of nitrogens with zero attached hydrogens (tertiary/aromatic N) is 3. The zero-order chi connectivity index (χ0) is 20.0. The van der Waals surface area contributed by atoms with Gasteiger partial charge in [0.2, 0.25) is 0 Å². The van der Waals surface area contributed by atoms with Crippen molar-refractivity contribution in [2.24, 2.45) is 17.8 Å². The van der Waals surface area contributed by atoms with Gasteiger partial charge < -0.3 is 15.2 Å². The summed E-state index contributed by atoms with van der Waals surface area (Å²) in [6.45, 7) is 3.10. The van der Waals surface area contributed by atoms with Gasteiger partial charge in [-0.25, -0.2) is 4.79 Å². The Bertz CT molecular complexity index is 888. The molecule has 4 saturated carbocycles. The van der Waals surface area contributed by atoms with Gasteiger partial charge in [0.1, 0.15) is 6.33 Å². The monoisotopic (exact) mass is 413 g/mol. The average molecular weight is 414 g/mol. The number of rotatable bonds is 5. The number of halogens is 1. The van der Waals surface area contributed by atoms with Crippen LogP contribution in [-0.2, 0) is 18.5 Å². The minimum Gasteiger partial charge on any atom is -0.331 e. The number of anilines is 1. The van der Waals surface area contributed by atoms with E-state index in [1.807, 2.05) is 17.6 Å². The van der Waals surface area contributed by atoms with Crippen molar-refractivity contribution in [3.63, 3.8) is 0 Å². The maximum atomic E-state index is 12.3. The van der Waals surface area contributed by atoms with Gasteiger partial charge in [0.05, 0.1) is 17.3 Å². The molecular formula is C22H28ClN5O. The van der Waals surface area contributed by atoms with Crippen molar-refractivity contribution in [3.8, 4) is 0 Å². The number of urea groups is 1. The van der Waals surface area contributed by atoms with Crippen LogP contribution in [-0.4, -0.2) is 20.8 Å². The van der Waals surface area contributed by atoms with Gasteiger partial charge in [0.25, 0.3) is 0 Å². The predicted octanol–water partition coefficient (Wildman–Crippen LogP) is 4.74. The summed E-state index contributed by atoms with van der Waals surface area (Å²) in [6.07, 6.45) is 9.87. The minimum atomic E-state index is -0.292. The third-order valence-corrected chi connectivity index (χ3v) is 7.62. The molecular weight excluding hydrogens is 386 g/mol. The van der Waals surface area contributed by atoms with Gasteiger partial charge in [-0.3, -0.25) is 0 Å². The number of nitrogens with one attached hydrogen (secondary N) is 2. The van der Waals surface area contributed by atoms with Crippen LogP contribution in [0.5, 0.6) is 0 Å². The molecule has 154 valence electrons. The molecule has 1 aromatic carbocycles. The normalized spacial score (nSPS) is 29.8. The van der Waals surface area contributed by atoms with Gasteiger partial charge in [-0.05, 0) is 86.3 Å². The van der Waals surface area contributed by atoms with Crippen molar-refractivity contribution in [2.75, 3.05) is 5.32 Å². The first-order chi connectivity index (χ1) is 14.0. The van der Waals surface area contributed by atoms with E-state index in [4.69, 9.17) is 11.6 Å². The molecule has 2 N–H and O–H groups in total. The molecule has 6 rings (SSSR count). The van der Waals surface area contributed by atoms with Crippen molar-refractivity contribution in [3.05, 3.63) is 40.9 Å². The average Bonchev–Trinajstić information content (AvgIpc) is 3.14. The van der Waals surface area contributed by atoms with E-state index in [2.05, 4.69) is 33.0 Å². The molecule has 0 aliphatic heterocycles. The van der Waals surface area contributed by atoms with E-state index < -0.39 is 0 Å². The van der Waals surface area contributed by atoms with Crippen molar-refractivity contribution in [2.45, 2.75) is 64.0 Å². The maximum Gasteiger partial charge on any atom is 0.319 e. The third-order valence-electron chi connectivity index (χ3n) is 7.31. The van der Waals surface area contributed by atoms with Gasteiger partial charge >= 0.3 is 6.03 Å². The summed E-state index contributed by atoms with van der Waals surface area (Å²) in [5.74, 6) is 3.42. The minimum absolute atomic E-state index is 0.292. The summed E-state index contributed by atoms with van der Waals surface area (Å²) < 4.78 is 1.90. The summed E-state index contributed by atoms with van der Waals surface area (Å²) in [5.41, 5.74) is 2.32. The molecule has 6 nitrogen and oxygen atoms in total. The van der Waals surface area contributed by atoms with Crippen LogP contribution in [0.3, 0.4) is 0 Å². The number of aromatic nitrogens is 3. The van der Waals surface area contributed by atoms with E-state index in [1.54, 1.807) is 6.33 Å². The largest absolute Gasteiger partial charge is 0.331 e. The fourth-order valence-electron chi connectivity index (χ4n) is 6.42. The first kappa shape index (κ1) is 18.9. The smallest absolute Gasteiger partial charge is 0.319 e. The zero-order valence-electron chi connectivity index (χ0n) is 16.8. The summed E-state index contributed by atoms with van der Waals surface area (Å²) in [5, 5.41) is 14.2. The summed E-state index contributed by atoms with van der Waals surface area (Å²) in [4.78, 5) is 12.3. The SMILES string of the molecule is CCn1cnnc1CNC(=O)Nc1ccc(C23CC4CC(CC(C4)C2)C3)cc1Cl. The fourth-order valence-corrected chi connectivity index (χ4v) is 6.64. The lowest BCUT2D eigenvalue weighted by atomic mass is 9.48. The Balaban J connectivity index is 1.26. The number of carbonyl (C=O) groups is 1. The van der Waals surface area contributed by atoms with Gasteiger partial charge in [-0.1, -0.05) is 17.7 Å². The standard InChI is InChI=1S/C22H28ClN5O/c1-2-28-13-25-27-20(28)12-24-21(29)26-19-4-3-17(8-18(19)23)22-9-14-5-15(10-22)7-16(6-14)11-22/h3-4,8,13-16H,2,5-7,9-12H2,1H3,(H2,24,26,29). The molecule has 0 atom stereocenters. The van der Waals surface area contributed by atoms with E-state index >= 15 is 0 Å². The van der Waals surface area contributed by atoms with Crippen LogP contribution in [0.1, 0.15) is 56.8 Å². The first-order valence-corrected chi connectivity index (χ1v) is 11.1. The summed E-state index contributed by atoms with van der Waals surface area (Å²) in [7, 11) is 0. The van der Waals surface area contributed by atoms with Crippen molar-refractivity contribution in [1.82, 2.24) is 20.1 Å². The Morgan fingerprint density at radius 2 is 1.90 bits per heavy atom. The molecule has 1 heterocycles. The molecule has 4 fully saturated rings. The van der Waals surface area contributed by atoms with Crippen molar-refractivity contribution >= 4 is 23.3 Å². The highest BCUT2D eigenvalue weighted by Gasteiger charge is 2.51. The Morgan fingerprint density at radius 3 is 2.52 bits per heavy atom. The number of amides is 2. The molecule has 4 bridgehead atoms. The van der Waals surface area contributed by atoms with Gasteiger partial charge in [-0.15, -0.1) is 10.2 Å². The lowest BCUT2D eigenvalue weighted by Gasteiger charge is -2.57.